The second-order valence-electron chi connectivity index (χ2n) is 5.20. The number of nitrogens with one attached hydrogen (secondary N) is 2. The highest BCUT2D eigenvalue weighted by atomic mass is 32.2. The third-order valence-electron chi connectivity index (χ3n) is 3.49. The van der Waals surface area contributed by atoms with Gasteiger partial charge in [0.1, 0.15) is 0 Å². The molecule has 1 fully saturated rings. The average Bonchev–Trinajstić information content (AvgIpc) is 3.03. The highest BCUT2D eigenvalue weighted by molar-refractivity contribution is 7.89. The molecule has 0 saturated heterocycles. The zero-order valence-electron chi connectivity index (χ0n) is 11.1. The maximum Gasteiger partial charge on any atom is 0.211 e. The standard InChI is InChI=1S/C12H26N2O2S/c1-3-6-12(7-8-12)11-14-17(15,16)10-5-4-9-13-2/h13-14H,3-11H2,1-2H3. The predicted octanol–water partition coefficient (Wildman–Crippen LogP) is 1.49. The molecule has 1 aliphatic carbocycles. The van der Waals surface area contributed by atoms with Crippen molar-refractivity contribution in [1.29, 1.82) is 0 Å². The Hall–Kier alpha value is -0.130. The Morgan fingerprint density at radius 3 is 2.47 bits per heavy atom. The molecule has 0 aromatic rings. The molecule has 0 atom stereocenters. The summed E-state index contributed by atoms with van der Waals surface area (Å²) in [6.07, 6.45) is 6.31. The molecule has 5 heteroatoms. The average molecular weight is 262 g/mol. The fourth-order valence-electron chi connectivity index (χ4n) is 2.15. The molecular formula is C12H26N2O2S. The van der Waals surface area contributed by atoms with E-state index < -0.39 is 10.0 Å². The second-order valence-corrected chi connectivity index (χ2v) is 7.13. The van der Waals surface area contributed by atoms with Gasteiger partial charge in [-0.3, -0.25) is 0 Å². The molecule has 17 heavy (non-hydrogen) atoms. The molecule has 0 aliphatic heterocycles. The van der Waals surface area contributed by atoms with Gasteiger partial charge in [-0.2, -0.15) is 0 Å². The van der Waals surface area contributed by atoms with Crippen LogP contribution in [-0.2, 0) is 10.0 Å². The van der Waals surface area contributed by atoms with Gasteiger partial charge in [0.05, 0.1) is 5.75 Å². The number of hydrogen-bond donors (Lipinski definition) is 2. The molecule has 0 bridgehead atoms. The molecule has 0 unspecified atom stereocenters. The quantitative estimate of drug-likeness (QED) is 0.586. The molecule has 4 nitrogen and oxygen atoms in total. The fraction of sp³-hybridized carbons (Fsp3) is 1.00. The van der Waals surface area contributed by atoms with Gasteiger partial charge < -0.3 is 5.32 Å². The van der Waals surface area contributed by atoms with E-state index in [2.05, 4.69) is 17.0 Å². The van der Waals surface area contributed by atoms with Gasteiger partial charge in [-0.15, -0.1) is 0 Å². The van der Waals surface area contributed by atoms with Crippen molar-refractivity contribution in [2.75, 3.05) is 25.9 Å². The molecule has 0 amide bonds. The maximum absolute atomic E-state index is 11.7. The smallest absolute Gasteiger partial charge is 0.211 e. The Balaban J connectivity index is 2.20. The summed E-state index contributed by atoms with van der Waals surface area (Å²) in [6.45, 7) is 3.69. The summed E-state index contributed by atoms with van der Waals surface area (Å²) in [5, 5.41) is 3.02. The molecule has 0 spiro atoms. The highest BCUT2D eigenvalue weighted by Crippen LogP contribution is 2.49. The minimum atomic E-state index is -3.05. The van der Waals surface area contributed by atoms with Crippen molar-refractivity contribution in [3.63, 3.8) is 0 Å². The lowest BCUT2D eigenvalue weighted by atomic mass is 10.0. The number of unbranched alkanes of at least 4 members (excludes halogenated alkanes) is 1. The van der Waals surface area contributed by atoms with E-state index in [1.54, 1.807) is 0 Å². The van der Waals surface area contributed by atoms with Gasteiger partial charge in [0, 0.05) is 6.54 Å². The van der Waals surface area contributed by atoms with Crippen LogP contribution >= 0.6 is 0 Å². The maximum atomic E-state index is 11.7. The van der Waals surface area contributed by atoms with Crippen LogP contribution in [-0.4, -0.2) is 34.3 Å². The normalized spacial score (nSPS) is 18.2. The Morgan fingerprint density at radius 2 is 1.94 bits per heavy atom. The van der Waals surface area contributed by atoms with Gasteiger partial charge in [-0.25, -0.2) is 13.1 Å². The monoisotopic (exact) mass is 262 g/mol. The van der Waals surface area contributed by atoms with E-state index in [-0.39, 0.29) is 5.75 Å². The molecule has 1 rings (SSSR count). The minimum Gasteiger partial charge on any atom is -0.320 e. The Kier molecular flexibility index (Phi) is 5.89. The highest BCUT2D eigenvalue weighted by Gasteiger charge is 2.41. The van der Waals surface area contributed by atoms with E-state index in [1.165, 1.54) is 12.8 Å². The van der Waals surface area contributed by atoms with Crippen molar-refractivity contribution in [3.8, 4) is 0 Å². The number of hydrogen-bond acceptors (Lipinski definition) is 3. The molecule has 0 radical (unpaired) electrons. The van der Waals surface area contributed by atoms with Crippen LogP contribution in [0.25, 0.3) is 0 Å². The van der Waals surface area contributed by atoms with Gasteiger partial charge >= 0.3 is 0 Å². The van der Waals surface area contributed by atoms with Gasteiger partial charge in [0.2, 0.25) is 10.0 Å². The lowest BCUT2D eigenvalue weighted by Gasteiger charge is -2.15. The van der Waals surface area contributed by atoms with Crippen molar-refractivity contribution >= 4 is 10.0 Å². The van der Waals surface area contributed by atoms with Crippen LogP contribution in [0, 0.1) is 5.41 Å². The zero-order valence-corrected chi connectivity index (χ0v) is 11.9. The predicted molar refractivity (Wildman–Crippen MR) is 71.5 cm³/mol. The first-order valence-electron chi connectivity index (χ1n) is 6.65. The first kappa shape index (κ1) is 14.9. The van der Waals surface area contributed by atoms with Crippen molar-refractivity contribution in [2.45, 2.75) is 45.4 Å². The summed E-state index contributed by atoms with van der Waals surface area (Å²) in [5.74, 6) is 0.261. The van der Waals surface area contributed by atoms with Crippen LogP contribution in [0.4, 0.5) is 0 Å². The molecule has 1 aliphatic rings. The Bertz CT molecular complexity index is 310. The van der Waals surface area contributed by atoms with E-state index in [1.807, 2.05) is 7.05 Å². The Labute approximate surface area is 106 Å². The zero-order chi connectivity index (χ0) is 12.8. The van der Waals surface area contributed by atoms with Crippen molar-refractivity contribution in [2.24, 2.45) is 5.41 Å². The first-order valence-corrected chi connectivity index (χ1v) is 8.31. The largest absolute Gasteiger partial charge is 0.320 e. The summed E-state index contributed by atoms with van der Waals surface area (Å²) >= 11 is 0. The molecular weight excluding hydrogens is 236 g/mol. The summed E-state index contributed by atoms with van der Waals surface area (Å²) in [6, 6.07) is 0. The van der Waals surface area contributed by atoms with Crippen LogP contribution in [0.5, 0.6) is 0 Å². The summed E-state index contributed by atoms with van der Waals surface area (Å²) < 4.78 is 26.3. The second kappa shape index (κ2) is 6.71. The number of sulfonamides is 1. The molecule has 0 heterocycles. The fourth-order valence-corrected chi connectivity index (χ4v) is 3.41. The molecule has 0 aromatic carbocycles. The van der Waals surface area contributed by atoms with Crippen LogP contribution in [0.2, 0.25) is 0 Å². The van der Waals surface area contributed by atoms with E-state index in [9.17, 15) is 8.42 Å². The summed E-state index contributed by atoms with van der Waals surface area (Å²) in [7, 11) is -1.17. The molecule has 102 valence electrons. The molecule has 0 aromatic heterocycles. The lowest BCUT2D eigenvalue weighted by molar-refractivity contribution is 0.449. The van der Waals surface area contributed by atoms with Crippen molar-refractivity contribution < 1.29 is 8.42 Å². The molecule has 1 saturated carbocycles. The first-order chi connectivity index (χ1) is 8.04. The van der Waals surface area contributed by atoms with Gasteiger partial charge in [0.25, 0.3) is 0 Å². The van der Waals surface area contributed by atoms with Crippen molar-refractivity contribution in [1.82, 2.24) is 10.0 Å². The third kappa shape index (κ3) is 5.84. The third-order valence-corrected chi connectivity index (χ3v) is 4.90. The SMILES string of the molecule is CCCC1(CNS(=O)(=O)CCCCNC)CC1. The van der Waals surface area contributed by atoms with Gasteiger partial charge in [0.15, 0.2) is 0 Å². The van der Waals surface area contributed by atoms with E-state index >= 15 is 0 Å². The van der Waals surface area contributed by atoms with Crippen molar-refractivity contribution in [3.05, 3.63) is 0 Å². The van der Waals surface area contributed by atoms with Gasteiger partial charge in [-0.1, -0.05) is 13.3 Å². The van der Waals surface area contributed by atoms with Gasteiger partial charge in [-0.05, 0) is 51.1 Å². The Morgan fingerprint density at radius 1 is 1.24 bits per heavy atom. The summed E-state index contributed by atoms with van der Waals surface area (Å²) in [4.78, 5) is 0. The molecule has 2 N–H and O–H groups in total. The lowest BCUT2D eigenvalue weighted by Crippen LogP contribution is -2.32. The van der Waals surface area contributed by atoms with Crippen LogP contribution in [0.15, 0.2) is 0 Å². The van der Waals surface area contributed by atoms with Crippen LogP contribution in [0.1, 0.15) is 45.4 Å². The van der Waals surface area contributed by atoms with Crippen LogP contribution < -0.4 is 10.0 Å². The van der Waals surface area contributed by atoms with E-state index in [0.29, 0.717) is 12.0 Å². The minimum absolute atomic E-state index is 0.261. The topological polar surface area (TPSA) is 58.2 Å². The number of rotatable bonds is 10. The summed E-state index contributed by atoms with van der Waals surface area (Å²) in [5.41, 5.74) is 0.298. The van der Waals surface area contributed by atoms with E-state index in [0.717, 1.165) is 32.2 Å². The van der Waals surface area contributed by atoms with Crippen LogP contribution in [0.3, 0.4) is 0 Å². The van der Waals surface area contributed by atoms with E-state index in [4.69, 9.17) is 0 Å².